The molecule has 4 aromatic heterocycles. The first kappa shape index (κ1) is 37.3. The van der Waals surface area contributed by atoms with Gasteiger partial charge >= 0.3 is 0 Å². The van der Waals surface area contributed by atoms with Crippen molar-refractivity contribution in [1.82, 2.24) is 30.4 Å². The second-order valence-corrected chi connectivity index (χ2v) is 11.1. The molecule has 0 unspecified atom stereocenters. The van der Waals surface area contributed by atoms with Crippen molar-refractivity contribution in [2.45, 2.75) is 20.8 Å². The predicted octanol–water partition coefficient (Wildman–Crippen LogP) is 7.88. The fraction of sp³-hybridized carbons (Fsp3) is 0.154. The van der Waals surface area contributed by atoms with Crippen LogP contribution in [-0.4, -0.2) is 56.1 Å². The van der Waals surface area contributed by atoms with Crippen LogP contribution in [0.3, 0.4) is 0 Å². The zero-order chi connectivity index (χ0) is 38.4. The lowest BCUT2D eigenvalue weighted by molar-refractivity contribution is 0.102. The van der Waals surface area contributed by atoms with Crippen LogP contribution in [0.4, 0.5) is 11.4 Å². The Balaban J connectivity index is 0.000000226. The van der Waals surface area contributed by atoms with Crippen LogP contribution >= 0.6 is 0 Å². The van der Waals surface area contributed by atoms with E-state index in [1.54, 1.807) is 85.2 Å². The van der Waals surface area contributed by atoms with E-state index in [0.29, 0.717) is 94.3 Å². The summed E-state index contributed by atoms with van der Waals surface area (Å²) < 4.78 is 39.1. The summed E-state index contributed by atoms with van der Waals surface area (Å²) in [6.07, 6.45) is 5.68. The Labute approximate surface area is 315 Å². The monoisotopic (exact) mass is 744 g/mol. The number of ether oxygens (including phenoxy) is 5. The number of carbonyl (C=O) groups is 1. The molecule has 3 N–H and O–H groups in total. The van der Waals surface area contributed by atoms with Crippen LogP contribution in [0.1, 0.15) is 31.1 Å². The molecule has 16 heteroatoms. The van der Waals surface area contributed by atoms with Crippen LogP contribution in [0, 0.1) is 0 Å². The number of amides is 1. The van der Waals surface area contributed by atoms with Gasteiger partial charge in [0.1, 0.15) is 34.4 Å². The Morgan fingerprint density at radius 1 is 0.655 bits per heavy atom. The molecule has 0 aliphatic carbocycles. The van der Waals surface area contributed by atoms with Gasteiger partial charge in [0, 0.05) is 53.6 Å². The first-order valence-corrected chi connectivity index (χ1v) is 17.1. The number of rotatable bonds is 14. The van der Waals surface area contributed by atoms with E-state index >= 15 is 0 Å². The number of nitrogen functional groups attached to an aromatic ring is 1. The standard InChI is InChI=1S/C26H26N4O6.C13H10N4O2/c1-4-32-22-12-17(13-23(33-5-2)24(22)34-6-3)25(31)29-18-8-7-9-19(14-18)36-20-10-11-27-21(15-20)26-30-28-16-35-26;14-9-2-1-3-10(6-9)19-11-4-5-15-12(7-11)13-17-16-8-18-13/h7-16H,4-6H2,1-3H3,(H,29,31);1-8H,14H2. The third-order valence-electron chi connectivity index (χ3n) is 7.21. The SMILES string of the molecule is CCOc1cc(C(=O)Nc2cccc(Oc3ccnc(-c4nnco4)c3)c2)cc(OCC)c1OCC.Nc1cccc(Oc2ccnc(-c3nnco3)c2)c1. The number of benzene rings is 3. The highest BCUT2D eigenvalue weighted by Gasteiger charge is 2.19. The normalized spacial score (nSPS) is 10.5. The van der Waals surface area contributed by atoms with E-state index in [1.807, 2.05) is 32.9 Å². The highest BCUT2D eigenvalue weighted by atomic mass is 16.5. The molecule has 0 saturated carbocycles. The van der Waals surface area contributed by atoms with Crippen molar-refractivity contribution in [3.8, 4) is 63.4 Å². The summed E-state index contributed by atoms with van der Waals surface area (Å²) in [6.45, 7) is 6.87. The smallest absolute Gasteiger partial charge is 0.266 e. The molecule has 7 aromatic rings. The number of anilines is 2. The average molecular weight is 745 g/mol. The molecule has 0 fully saturated rings. The van der Waals surface area contributed by atoms with E-state index in [1.165, 1.54) is 12.8 Å². The Hall–Kier alpha value is -7.49. The van der Waals surface area contributed by atoms with E-state index in [9.17, 15) is 4.79 Å². The molecule has 0 radical (unpaired) electrons. The minimum absolute atomic E-state index is 0.287. The molecule has 0 aliphatic heterocycles. The maximum Gasteiger partial charge on any atom is 0.266 e. The number of hydrogen-bond acceptors (Lipinski definition) is 15. The first-order valence-electron chi connectivity index (χ1n) is 17.1. The highest BCUT2D eigenvalue weighted by molar-refractivity contribution is 6.05. The Morgan fingerprint density at radius 3 is 1.69 bits per heavy atom. The molecule has 0 saturated heterocycles. The lowest BCUT2D eigenvalue weighted by Gasteiger charge is -2.17. The Morgan fingerprint density at radius 2 is 1.18 bits per heavy atom. The van der Waals surface area contributed by atoms with Crippen molar-refractivity contribution < 1.29 is 37.3 Å². The minimum atomic E-state index is -0.334. The van der Waals surface area contributed by atoms with Crippen molar-refractivity contribution in [3.05, 3.63) is 116 Å². The number of nitrogens with two attached hydrogens (primary N) is 1. The van der Waals surface area contributed by atoms with Gasteiger partial charge in [-0.1, -0.05) is 12.1 Å². The summed E-state index contributed by atoms with van der Waals surface area (Å²) in [6, 6.07) is 24.4. The Kier molecular flexibility index (Phi) is 12.4. The number of nitrogens with zero attached hydrogens (tertiary/aromatic N) is 6. The second-order valence-electron chi connectivity index (χ2n) is 11.1. The summed E-state index contributed by atoms with van der Waals surface area (Å²) in [4.78, 5) is 21.5. The number of pyridine rings is 2. The third-order valence-corrected chi connectivity index (χ3v) is 7.21. The van der Waals surface area contributed by atoms with Crippen LogP contribution in [0.15, 0.2) is 119 Å². The van der Waals surface area contributed by atoms with Gasteiger partial charge in [-0.2, -0.15) is 0 Å². The van der Waals surface area contributed by atoms with E-state index in [-0.39, 0.29) is 11.8 Å². The quantitative estimate of drug-likeness (QED) is 0.102. The molecule has 1 amide bonds. The zero-order valence-electron chi connectivity index (χ0n) is 30.0. The summed E-state index contributed by atoms with van der Waals surface area (Å²) in [5.41, 5.74) is 8.30. The zero-order valence-corrected chi connectivity index (χ0v) is 30.0. The van der Waals surface area contributed by atoms with Gasteiger partial charge in [-0.3, -0.25) is 14.8 Å². The van der Waals surface area contributed by atoms with Gasteiger partial charge in [0.2, 0.25) is 18.5 Å². The van der Waals surface area contributed by atoms with E-state index in [4.69, 9.17) is 38.3 Å². The molecule has 16 nitrogen and oxygen atoms in total. The van der Waals surface area contributed by atoms with Gasteiger partial charge < -0.3 is 43.6 Å². The van der Waals surface area contributed by atoms with Crippen molar-refractivity contribution in [1.29, 1.82) is 0 Å². The molecule has 0 aliphatic rings. The summed E-state index contributed by atoms with van der Waals surface area (Å²) in [7, 11) is 0. The Bertz CT molecular complexity index is 2280. The lowest BCUT2D eigenvalue weighted by Crippen LogP contribution is -2.13. The molecule has 280 valence electrons. The summed E-state index contributed by atoms with van der Waals surface area (Å²) in [5, 5.41) is 17.8. The molecule has 0 spiro atoms. The molecular formula is C39H36N8O8. The summed E-state index contributed by atoms with van der Waals surface area (Å²) in [5.74, 6) is 3.99. The second kappa shape index (κ2) is 18.3. The highest BCUT2D eigenvalue weighted by Crippen LogP contribution is 2.39. The van der Waals surface area contributed by atoms with Crippen molar-refractivity contribution in [2.24, 2.45) is 0 Å². The maximum absolute atomic E-state index is 13.1. The molecule has 4 heterocycles. The molecule has 0 bridgehead atoms. The van der Waals surface area contributed by atoms with Crippen molar-refractivity contribution in [3.63, 3.8) is 0 Å². The van der Waals surface area contributed by atoms with Crippen LogP contribution < -0.4 is 34.7 Å². The van der Waals surface area contributed by atoms with E-state index in [0.717, 1.165) is 0 Å². The number of aromatic nitrogens is 6. The third kappa shape index (κ3) is 10.1. The predicted molar refractivity (Wildman–Crippen MR) is 200 cm³/mol. The topological polar surface area (TPSA) is 205 Å². The first-order chi connectivity index (χ1) is 26.9. The van der Waals surface area contributed by atoms with Crippen LogP contribution in [0.25, 0.3) is 23.2 Å². The molecule has 0 atom stereocenters. The fourth-order valence-corrected chi connectivity index (χ4v) is 4.96. The minimum Gasteiger partial charge on any atom is -0.490 e. The molecule has 3 aromatic carbocycles. The van der Waals surface area contributed by atoms with Crippen LogP contribution in [0.5, 0.6) is 40.2 Å². The van der Waals surface area contributed by atoms with Gasteiger partial charge in [-0.25, -0.2) is 0 Å². The molecule has 55 heavy (non-hydrogen) atoms. The van der Waals surface area contributed by atoms with Gasteiger partial charge in [-0.05, 0) is 69.3 Å². The molecular weight excluding hydrogens is 708 g/mol. The van der Waals surface area contributed by atoms with Gasteiger partial charge in [0.05, 0.1) is 19.8 Å². The van der Waals surface area contributed by atoms with Crippen molar-refractivity contribution >= 4 is 17.3 Å². The number of nitrogens with one attached hydrogen (secondary N) is 1. The number of hydrogen-bond donors (Lipinski definition) is 2. The van der Waals surface area contributed by atoms with Gasteiger partial charge in [0.25, 0.3) is 17.7 Å². The van der Waals surface area contributed by atoms with E-state index in [2.05, 4.69) is 35.7 Å². The van der Waals surface area contributed by atoms with Gasteiger partial charge in [0.15, 0.2) is 11.5 Å². The maximum atomic E-state index is 13.1. The van der Waals surface area contributed by atoms with Crippen molar-refractivity contribution in [2.75, 3.05) is 30.9 Å². The largest absolute Gasteiger partial charge is 0.490 e. The number of carbonyl (C=O) groups excluding carboxylic acids is 1. The fourth-order valence-electron chi connectivity index (χ4n) is 4.96. The summed E-state index contributed by atoms with van der Waals surface area (Å²) >= 11 is 0. The van der Waals surface area contributed by atoms with Crippen LogP contribution in [-0.2, 0) is 0 Å². The lowest BCUT2D eigenvalue weighted by atomic mass is 10.1. The molecule has 7 rings (SSSR count). The van der Waals surface area contributed by atoms with Crippen LogP contribution in [0.2, 0.25) is 0 Å². The average Bonchev–Trinajstić information content (AvgIpc) is 3.93. The van der Waals surface area contributed by atoms with Gasteiger partial charge in [-0.15, -0.1) is 20.4 Å². The van der Waals surface area contributed by atoms with E-state index < -0.39 is 0 Å².